The first kappa shape index (κ1) is 20.0. The Morgan fingerprint density at radius 1 is 1.10 bits per heavy atom. The molecule has 8 heteroatoms. The van der Waals surface area contributed by atoms with Gasteiger partial charge in [-0.2, -0.15) is 5.10 Å². The van der Waals surface area contributed by atoms with Crippen LogP contribution in [0.3, 0.4) is 0 Å². The maximum atomic E-state index is 12.1. The van der Waals surface area contributed by atoms with E-state index in [0.717, 1.165) is 5.56 Å². The Labute approximate surface area is 171 Å². The molecule has 0 aromatic heterocycles. The molecule has 0 unspecified atom stereocenters. The third-order valence-electron chi connectivity index (χ3n) is 3.92. The number of nitro groups is 1. The summed E-state index contributed by atoms with van der Waals surface area (Å²) < 4.78 is 5.83. The standard InChI is InChI=1S/C21H16ClN3O4/c22-18-10-8-15(9-11-18)14-29-20-7-2-1-4-17(20)13-23-24-21(26)16-5-3-6-19(12-16)25(27)28/h1-13H,14H2,(H,24,26). The molecule has 0 heterocycles. The second-order valence-corrected chi connectivity index (χ2v) is 6.40. The van der Waals surface area contributed by atoms with Gasteiger partial charge in [-0.1, -0.05) is 41.9 Å². The van der Waals surface area contributed by atoms with Crippen molar-refractivity contribution in [2.45, 2.75) is 6.61 Å². The predicted octanol–water partition coefficient (Wildman–Crippen LogP) is 4.59. The van der Waals surface area contributed by atoms with Crippen LogP contribution in [0.5, 0.6) is 5.75 Å². The third-order valence-corrected chi connectivity index (χ3v) is 4.17. The SMILES string of the molecule is O=C(NN=Cc1ccccc1OCc1ccc(Cl)cc1)c1cccc([N+](=O)[O-])c1. The summed E-state index contributed by atoms with van der Waals surface area (Å²) >= 11 is 5.88. The van der Waals surface area contributed by atoms with Gasteiger partial charge in [-0.25, -0.2) is 5.43 Å². The van der Waals surface area contributed by atoms with Crippen LogP contribution in [0.25, 0.3) is 0 Å². The molecule has 0 fully saturated rings. The monoisotopic (exact) mass is 409 g/mol. The van der Waals surface area contributed by atoms with Crippen LogP contribution in [0.4, 0.5) is 5.69 Å². The van der Waals surface area contributed by atoms with E-state index >= 15 is 0 Å². The molecule has 29 heavy (non-hydrogen) atoms. The van der Waals surface area contributed by atoms with Crippen LogP contribution in [0.15, 0.2) is 77.9 Å². The predicted molar refractivity (Wildman–Crippen MR) is 110 cm³/mol. The van der Waals surface area contributed by atoms with Crippen molar-refractivity contribution in [3.63, 3.8) is 0 Å². The van der Waals surface area contributed by atoms with E-state index in [2.05, 4.69) is 10.5 Å². The molecule has 3 aromatic rings. The number of nitrogens with one attached hydrogen (secondary N) is 1. The summed E-state index contributed by atoms with van der Waals surface area (Å²) in [6.45, 7) is 0.349. The summed E-state index contributed by atoms with van der Waals surface area (Å²) in [7, 11) is 0. The fraction of sp³-hybridized carbons (Fsp3) is 0.0476. The minimum Gasteiger partial charge on any atom is -0.488 e. The molecule has 0 bridgehead atoms. The van der Waals surface area contributed by atoms with Crippen molar-refractivity contribution in [3.05, 3.63) is 105 Å². The Morgan fingerprint density at radius 3 is 2.62 bits per heavy atom. The summed E-state index contributed by atoms with van der Waals surface area (Å²) in [6.07, 6.45) is 1.45. The van der Waals surface area contributed by atoms with Crippen LogP contribution in [0, 0.1) is 10.1 Å². The number of nitro benzene ring substituents is 1. The van der Waals surface area contributed by atoms with Crippen molar-refractivity contribution in [1.29, 1.82) is 0 Å². The van der Waals surface area contributed by atoms with Gasteiger partial charge < -0.3 is 4.74 Å². The van der Waals surface area contributed by atoms with Crippen LogP contribution in [-0.4, -0.2) is 17.0 Å². The number of ether oxygens (including phenoxy) is 1. The molecular formula is C21H16ClN3O4. The fourth-order valence-corrected chi connectivity index (χ4v) is 2.57. The molecular weight excluding hydrogens is 394 g/mol. The Bertz CT molecular complexity index is 1050. The molecule has 0 saturated heterocycles. The quantitative estimate of drug-likeness (QED) is 0.351. The number of para-hydroxylation sites is 1. The van der Waals surface area contributed by atoms with Gasteiger partial charge in [-0.15, -0.1) is 0 Å². The topological polar surface area (TPSA) is 93.8 Å². The lowest BCUT2D eigenvalue weighted by Crippen LogP contribution is -2.17. The van der Waals surface area contributed by atoms with Crippen LogP contribution >= 0.6 is 11.6 Å². The highest BCUT2D eigenvalue weighted by molar-refractivity contribution is 6.30. The highest BCUT2D eigenvalue weighted by atomic mass is 35.5. The van der Waals surface area contributed by atoms with Gasteiger partial charge in [0.05, 0.1) is 11.1 Å². The number of non-ortho nitro benzene ring substituents is 1. The van der Waals surface area contributed by atoms with Crippen molar-refractivity contribution < 1.29 is 14.5 Å². The lowest BCUT2D eigenvalue weighted by atomic mass is 10.2. The Hall–Kier alpha value is -3.71. The van der Waals surface area contributed by atoms with Crippen molar-refractivity contribution >= 4 is 29.4 Å². The first-order chi connectivity index (χ1) is 14.0. The van der Waals surface area contributed by atoms with Crippen LogP contribution in [-0.2, 0) is 6.61 Å². The third kappa shape index (κ3) is 5.63. The molecule has 0 aliphatic carbocycles. The molecule has 1 N–H and O–H groups in total. The van der Waals surface area contributed by atoms with Gasteiger partial charge in [-0.3, -0.25) is 14.9 Å². The molecule has 0 spiro atoms. The second-order valence-electron chi connectivity index (χ2n) is 5.96. The van der Waals surface area contributed by atoms with E-state index in [9.17, 15) is 14.9 Å². The zero-order chi connectivity index (χ0) is 20.6. The zero-order valence-electron chi connectivity index (χ0n) is 15.1. The highest BCUT2D eigenvalue weighted by Crippen LogP contribution is 2.18. The molecule has 7 nitrogen and oxygen atoms in total. The first-order valence-electron chi connectivity index (χ1n) is 8.57. The number of nitrogens with zero attached hydrogens (tertiary/aromatic N) is 2. The Balaban J connectivity index is 1.64. The fourth-order valence-electron chi connectivity index (χ4n) is 2.45. The maximum Gasteiger partial charge on any atom is 0.271 e. The van der Waals surface area contributed by atoms with Crippen molar-refractivity contribution in [2.75, 3.05) is 0 Å². The van der Waals surface area contributed by atoms with Crippen LogP contribution < -0.4 is 10.2 Å². The van der Waals surface area contributed by atoms with E-state index in [1.54, 1.807) is 24.3 Å². The molecule has 3 rings (SSSR count). The van der Waals surface area contributed by atoms with E-state index < -0.39 is 10.8 Å². The lowest BCUT2D eigenvalue weighted by molar-refractivity contribution is -0.384. The molecule has 0 radical (unpaired) electrons. The summed E-state index contributed by atoms with van der Waals surface area (Å²) in [5.74, 6) is 0.0420. The summed E-state index contributed by atoms with van der Waals surface area (Å²) in [5.41, 5.74) is 3.96. The number of hydrazone groups is 1. The summed E-state index contributed by atoms with van der Waals surface area (Å²) in [4.78, 5) is 22.4. The maximum absolute atomic E-state index is 12.1. The number of rotatable bonds is 7. The van der Waals surface area contributed by atoms with Crippen LogP contribution in [0.2, 0.25) is 5.02 Å². The number of carbonyl (C=O) groups excluding carboxylic acids is 1. The summed E-state index contributed by atoms with van der Waals surface area (Å²) in [6, 6.07) is 20.0. The normalized spacial score (nSPS) is 10.7. The minimum atomic E-state index is -0.561. The van der Waals surface area contributed by atoms with Crippen molar-refractivity contribution in [3.8, 4) is 5.75 Å². The van der Waals surface area contributed by atoms with Crippen LogP contribution in [0.1, 0.15) is 21.5 Å². The molecule has 0 aliphatic heterocycles. The number of carbonyl (C=O) groups is 1. The van der Waals surface area contributed by atoms with Gasteiger partial charge in [0.25, 0.3) is 11.6 Å². The van der Waals surface area contributed by atoms with E-state index in [-0.39, 0.29) is 11.3 Å². The molecule has 3 aromatic carbocycles. The Morgan fingerprint density at radius 2 is 1.86 bits per heavy atom. The number of hydrogen-bond donors (Lipinski definition) is 1. The molecule has 0 atom stereocenters. The average Bonchev–Trinajstić information content (AvgIpc) is 2.74. The van der Waals surface area contributed by atoms with Gasteiger partial charge in [0, 0.05) is 28.3 Å². The molecule has 1 amide bonds. The zero-order valence-corrected chi connectivity index (χ0v) is 15.9. The van der Waals surface area contributed by atoms with E-state index in [0.29, 0.717) is 22.9 Å². The van der Waals surface area contributed by atoms with E-state index in [1.807, 2.05) is 24.3 Å². The van der Waals surface area contributed by atoms with Gasteiger partial charge in [0.1, 0.15) is 12.4 Å². The lowest BCUT2D eigenvalue weighted by Gasteiger charge is -2.09. The smallest absolute Gasteiger partial charge is 0.271 e. The largest absolute Gasteiger partial charge is 0.488 e. The number of benzene rings is 3. The Kier molecular flexibility index (Phi) is 6.55. The summed E-state index contributed by atoms with van der Waals surface area (Å²) in [5, 5.41) is 15.4. The highest BCUT2D eigenvalue weighted by Gasteiger charge is 2.10. The van der Waals surface area contributed by atoms with Gasteiger partial charge >= 0.3 is 0 Å². The average molecular weight is 410 g/mol. The second kappa shape index (κ2) is 9.48. The van der Waals surface area contributed by atoms with Gasteiger partial charge in [-0.05, 0) is 35.9 Å². The molecule has 146 valence electrons. The number of halogens is 1. The van der Waals surface area contributed by atoms with Gasteiger partial charge in [0.15, 0.2) is 0 Å². The molecule has 0 aliphatic rings. The van der Waals surface area contributed by atoms with E-state index in [1.165, 1.54) is 30.5 Å². The van der Waals surface area contributed by atoms with Crippen molar-refractivity contribution in [1.82, 2.24) is 5.43 Å². The molecule has 0 saturated carbocycles. The number of hydrogen-bond acceptors (Lipinski definition) is 5. The van der Waals surface area contributed by atoms with E-state index in [4.69, 9.17) is 16.3 Å². The number of amides is 1. The van der Waals surface area contributed by atoms with Gasteiger partial charge in [0.2, 0.25) is 0 Å². The van der Waals surface area contributed by atoms with Crippen molar-refractivity contribution in [2.24, 2.45) is 5.10 Å². The first-order valence-corrected chi connectivity index (χ1v) is 8.95. The minimum absolute atomic E-state index is 0.142.